The van der Waals surface area contributed by atoms with Gasteiger partial charge in [0.05, 0.1) is 7.11 Å². The van der Waals surface area contributed by atoms with Gasteiger partial charge < -0.3 is 15.8 Å². The van der Waals surface area contributed by atoms with Crippen LogP contribution in [0.4, 0.5) is 10.8 Å². The number of hydrogen-bond donors (Lipinski definition) is 2. The van der Waals surface area contributed by atoms with Crippen LogP contribution in [0.3, 0.4) is 0 Å². The molecule has 16 heavy (non-hydrogen) atoms. The van der Waals surface area contributed by atoms with Crippen LogP contribution >= 0.6 is 23.3 Å². The molecule has 1 heterocycles. The average Bonchev–Trinajstić information content (AvgIpc) is 2.64. The lowest BCUT2D eigenvalue weighted by atomic mass is 10.2. The van der Waals surface area contributed by atoms with Gasteiger partial charge in [0, 0.05) is 6.54 Å². The molecule has 0 atom stereocenters. The zero-order chi connectivity index (χ0) is 11.8. The lowest BCUT2D eigenvalue weighted by Gasteiger charge is -2.05. The van der Waals surface area contributed by atoms with Crippen molar-refractivity contribution in [2.45, 2.75) is 19.3 Å². The van der Waals surface area contributed by atoms with Gasteiger partial charge in [-0.15, -0.1) is 0 Å². The SMILES string of the molecule is COc1c(N)nsc1NCCCCCSC. The van der Waals surface area contributed by atoms with Crippen molar-refractivity contribution in [3.8, 4) is 5.75 Å². The molecule has 0 aliphatic rings. The highest BCUT2D eigenvalue weighted by atomic mass is 32.2. The van der Waals surface area contributed by atoms with Crippen LogP contribution in [0.25, 0.3) is 0 Å². The standard InChI is InChI=1S/C10H19N3OS2/c1-14-8-9(11)13-16-10(8)12-6-4-3-5-7-15-2/h12H,3-7H2,1-2H3,(H2,11,13). The Morgan fingerprint density at radius 3 is 2.94 bits per heavy atom. The molecule has 0 unspecified atom stereocenters. The molecule has 0 bridgehead atoms. The minimum atomic E-state index is 0.470. The van der Waals surface area contributed by atoms with E-state index < -0.39 is 0 Å². The molecule has 1 aromatic heterocycles. The van der Waals surface area contributed by atoms with Gasteiger partial charge in [0.15, 0.2) is 16.6 Å². The number of aromatic nitrogens is 1. The summed E-state index contributed by atoms with van der Waals surface area (Å²) in [6.07, 6.45) is 5.85. The number of unbranched alkanes of at least 4 members (excludes halogenated alkanes) is 2. The molecule has 0 saturated carbocycles. The largest absolute Gasteiger partial charge is 0.490 e. The van der Waals surface area contributed by atoms with E-state index in [4.69, 9.17) is 10.5 Å². The van der Waals surface area contributed by atoms with Gasteiger partial charge in [0.25, 0.3) is 0 Å². The average molecular weight is 261 g/mol. The number of thioether (sulfide) groups is 1. The van der Waals surface area contributed by atoms with E-state index in [9.17, 15) is 0 Å². The van der Waals surface area contributed by atoms with Gasteiger partial charge in [0.1, 0.15) is 0 Å². The molecular formula is C10H19N3OS2. The van der Waals surface area contributed by atoms with Crippen molar-refractivity contribution < 1.29 is 4.74 Å². The van der Waals surface area contributed by atoms with Crippen LogP contribution in [0, 0.1) is 0 Å². The zero-order valence-electron chi connectivity index (χ0n) is 9.78. The summed E-state index contributed by atoms with van der Waals surface area (Å²) >= 11 is 3.25. The molecule has 92 valence electrons. The Morgan fingerprint density at radius 2 is 2.25 bits per heavy atom. The lowest BCUT2D eigenvalue weighted by Crippen LogP contribution is -2.01. The minimum Gasteiger partial charge on any atom is -0.490 e. The summed E-state index contributed by atoms with van der Waals surface area (Å²) in [5.41, 5.74) is 5.65. The van der Waals surface area contributed by atoms with Crippen LogP contribution in [-0.2, 0) is 0 Å². The first kappa shape index (κ1) is 13.4. The summed E-state index contributed by atoms with van der Waals surface area (Å²) < 4.78 is 9.21. The second-order valence-electron chi connectivity index (χ2n) is 3.41. The highest BCUT2D eigenvalue weighted by Gasteiger charge is 2.10. The van der Waals surface area contributed by atoms with E-state index in [-0.39, 0.29) is 0 Å². The van der Waals surface area contributed by atoms with E-state index in [0.717, 1.165) is 11.5 Å². The van der Waals surface area contributed by atoms with E-state index in [1.807, 2.05) is 11.8 Å². The smallest absolute Gasteiger partial charge is 0.197 e. The Labute approximate surface area is 105 Å². The molecule has 0 aliphatic carbocycles. The van der Waals surface area contributed by atoms with E-state index in [1.165, 1.54) is 36.5 Å². The van der Waals surface area contributed by atoms with Gasteiger partial charge in [-0.05, 0) is 36.4 Å². The van der Waals surface area contributed by atoms with Crippen LogP contribution < -0.4 is 15.8 Å². The predicted molar refractivity (Wildman–Crippen MR) is 73.8 cm³/mol. The fraction of sp³-hybridized carbons (Fsp3) is 0.700. The van der Waals surface area contributed by atoms with E-state index >= 15 is 0 Å². The van der Waals surface area contributed by atoms with Crippen molar-refractivity contribution in [3.05, 3.63) is 0 Å². The van der Waals surface area contributed by atoms with Crippen molar-refractivity contribution in [2.75, 3.05) is 36.7 Å². The van der Waals surface area contributed by atoms with Gasteiger partial charge in [-0.2, -0.15) is 16.1 Å². The molecular weight excluding hydrogens is 242 g/mol. The maximum absolute atomic E-state index is 5.65. The molecule has 4 nitrogen and oxygen atoms in total. The van der Waals surface area contributed by atoms with Crippen molar-refractivity contribution in [1.82, 2.24) is 4.37 Å². The summed E-state index contributed by atoms with van der Waals surface area (Å²) in [6.45, 7) is 0.951. The third-order valence-corrected chi connectivity index (χ3v) is 3.69. The van der Waals surface area contributed by atoms with Crippen molar-refractivity contribution in [3.63, 3.8) is 0 Å². The fourth-order valence-corrected chi connectivity index (χ4v) is 2.56. The first-order valence-electron chi connectivity index (χ1n) is 5.31. The maximum atomic E-state index is 5.65. The van der Waals surface area contributed by atoms with Crippen molar-refractivity contribution in [2.24, 2.45) is 0 Å². The summed E-state index contributed by atoms with van der Waals surface area (Å²) in [5.74, 6) is 2.39. The van der Waals surface area contributed by atoms with Gasteiger partial charge in [-0.3, -0.25) is 0 Å². The van der Waals surface area contributed by atoms with Crippen LogP contribution in [0.15, 0.2) is 0 Å². The topological polar surface area (TPSA) is 60.2 Å². The summed E-state index contributed by atoms with van der Waals surface area (Å²) in [4.78, 5) is 0. The number of nitrogens with zero attached hydrogens (tertiary/aromatic N) is 1. The monoisotopic (exact) mass is 261 g/mol. The van der Waals surface area contributed by atoms with Crippen LogP contribution in [0.2, 0.25) is 0 Å². The molecule has 0 amide bonds. The summed E-state index contributed by atoms with van der Waals surface area (Å²) in [6, 6.07) is 0. The molecule has 0 spiro atoms. The first-order chi connectivity index (χ1) is 7.79. The van der Waals surface area contributed by atoms with E-state index in [0.29, 0.717) is 11.6 Å². The number of nitrogens with one attached hydrogen (secondary N) is 1. The number of hydrogen-bond acceptors (Lipinski definition) is 6. The van der Waals surface area contributed by atoms with Crippen LogP contribution in [0.1, 0.15) is 19.3 Å². The Morgan fingerprint density at radius 1 is 1.44 bits per heavy atom. The van der Waals surface area contributed by atoms with Crippen LogP contribution in [0.5, 0.6) is 5.75 Å². The van der Waals surface area contributed by atoms with Crippen molar-refractivity contribution in [1.29, 1.82) is 0 Å². The molecule has 0 aliphatic heterocycles. The van der Waals surface area contributed by atoms with Gasteiger partial charge >= 0.3 is 0 Å². The normalized spacial score (nSPS) is 10.4. The molecule has 6 heteroatoms. The summed E-state index contributed by atoms with van der Waals surface area (Å²) in [5, 5.41) is 4.24. The van der Waals surface area contributed by atoms with Gasteiger partial charge in [-0.25, -0.2) is 0 Å². The Bertz CT molecular complexity index is 304. The molecule has 0 aromatic carbocycles. The Hall–Kier alpha value is -0.620. The number of rotatable bonds is 8. The lowest BCUT2D eigenvalue weighted by molar-refractivity contribution is 0.419. The molecule has 0 fully saturated rings. The predicted octanol–water partition coefficient (Wildman–Crippen LogP) is 2.68. The second kappa shape index (κ2) is 7.62. The fourth-order valence-electron chi connectivity index (χ4n) is 1.35. The van der Waals surface area contributed by atoms with Crippen LogP contribution in [-0.4, -0.2) is 30.0 Å². The number of methoxy groups -OCH3 is 1. The Kier molecular flexibility index (Phi) is 6.40. The molecule has 3 N–H and O–H groups in total. The highest BCUT2D eigenvalue weighted by Crippen LogP contribution is 2.34. The van der Waals surface area contributed by atoms with Gasteiger partial charge in [0.2, 0.25) is 0 Å². The number of nitrogens with two attached hydrogens (primary N) is 1. The van der Waals surface area contributed by atoms with E-state index in [2.05, 4.69) is 15.9 Å². The number of ether oxygens (including phenoxy) is 1. The van der Waals surface area contributed by atoms with Crippen molar-refractivity contribution >= 4 is 34.1 Å². The minimum absolute atomic E-state index is 0.470. The molecule has 1 aromatic rings. The first-order valence-corrected chi connectivity index (χ1v) is 7.48. The molecule has 0 radical (unpaired) electrons. The maximum Gasteiger partial charge on any atom is 0.197 e. The second-order valence-corrected chi connectivity index (χ2v) is 5.17. The number of anilines is 2. The summed E-state index contributed by atoms with van der Waals surface area (Å²) in [7, 11) is 1.61. The Balaban J connectivity index is 2.21. The molecule has 0 saturated heterocycles. The quantitative estimate of drug-likeness (QED) is 0.705. The molecule has 1 rings (SSSR count). The zero-order valence-corrected chi connectivity index (χ0v) is 11.4. The highest BCUT2D eigenvalue weighted by molar-refractivity contribution is 7.98. The third-order valence-electron chi connectivity index (χ3n) is 2.19. The third kappa shape index (κ3) is 4.09. The van der Waals surface area contributed by atoms with Gasteiger partial charge in [-0.1, -0.05) is 6.42 Å². The number of nitrogen functional groups attached to an aromatic ring is 1. The van der Waals surface area contributed by atoms with E-state index in [1.54, 1.807) is 7.11 Å².